The second kappa shape index (κ2) is 8.35. The van der Waals surface area contributed by atoms with E-state index in [1.807, 2.05) is 24.3 Å². The van der Waals surface area contributed by atoms with Gasteiger partial charge in [0.25, 0.3) is 0 Å². The first-order valence-electron chi connectivity index (χ1n) is 12.1. The summed E-state index contributed by atoms with van der Waals surface area (Å²) in [5.41, 5.74) is 8.02. The van der Waals surface area contributed by atoms with E-state index in [0.29, 0.717) is 5.75 Å². The van der Waals surface area contributed by atoms with Gasteiger partial charge in [0.05, 0.1) is 0 Å². The minimum atomic E-state index is 0.294. The molecule has 6 rings (SSSR count). The maximum atomic E-state index is 11.2. The van der Waals surface area contributed by atoms with Crippen LogP contribution in [0.3, 0.4) is 0 Å². The molecule has 2 radical (unpaired) electrons. The van der Waals surface area contributed by atoms with Crippen molar-refractivity contribution in [1.29, 1.82) is 0 Å². The van der Waals surface area contributed by atoms with E-state index in [1.54, 1.807) is 0 Å². The number of nitrogens with zero attached hydrogens (tertiary/aromatic N) is 2. The van der Waals surface area contributed by atoms with Gasteiger partial charge in [0.1, 0.15) is 5.75 Å². The van der Waals surface area contributed by atoms with Gasteiger partial charge in [-0.3, -0.25) is 0 Å². The molecule has 0 saturated carbocycles. The predicted octanol–water partition coefficient (Wildman–Crippen LogP) is 7.61. The van der Waals surface area contributed by atoms with Crippen molar-refractivity contribution in [2.75, 3.05) is 22.9 Å². The highest BCUT2D eigenvalue weighted by Gasteiger charge is 2.28. The van der Waals surface area contributed by atoms with Crippen molar-refractivity contribution in [2.45, 2.75) is 20.8 Å². The van der Waals surface area contributed by atoms with Crippen LogP contribution in [0.2, 0.25) is 0 Å². The molecule has 1 heterocycles. The molecule has 1 saturated heterocycles. The van der Waals surface area contributed by atoms with Crippen LogP contribution in [0.1, 0.15) is 16.7 Å². The molecule has 35 heavy (non-hydrogen) atoms. The molecule has 0 bridgehead atoms. The van der Waals surface area contributed by atoms with E-state index in [1.165, 1.54) is 22.4 Å². The average molecular weight is 457 g/mol. The highest BCUT2D eigenvalue weighted by molar-refractivity contribution is 6.12. The van der Waals surface area contributed by atoms with Gasteiger partial charge in [-0.1, -0.05) is 78.4 Å². The van der Waals surface area contributed by atoms with Crippen LogP contribution in [0.4, 0.5) is 11.4 Å². The molecular weight excluding hydrogens is 428 g/mol. The Balaban J connectivity index is 1.53. The summed E-state index contributed by atoms with van der Waals surface area (Å²) in [6, 6.07) is 29.3. The lowest BCUT2D eigenvalue weighted by Gasteiger charge is -2.25. The van der Waals surface area contributed by atoms with E-state index in [9.17, 15) is 5.11 Å². The molecule has 3 heteroatoms. The first-order valence-corrected chi connectivity index (χ1v) is 12.1. The van der Waals surface area contributed by atoms with E-state index in [2.05, 4.69) is 97.9 Å². The maximum Gasteiger partial charge on any atom is 0.208 e. The third-order valence-corrected chi connectivity index (χ3v) is 7.05. The van der Waals surface area contributed by atoms with Crippen LogP contribution in [-0.4, -0.2) is 18.2 Å². The van der Waals surface area contributed by atoms with Gasteiger partial charge in [0, 0.05) is 35.6 Å². The van der Waals surface area contributed by atoms with Crippen LogP contribution in [0.25, 0.3) is 32.7 Å². The third-order valence-electron chi connectivity index (χ3n) is 7.05. The van der Waals surface area contributed by atoms with E-state index in [-0.39, 0.29) is 0 Å². The molecule has 0 aromatic heterocycles. The topological polar surface area (TPSA) is 26.7 Å². The Morgan fingerprint density at radius 2 is 1.23 bits per heavy atom. The van der Waals surface area contributed by atoms with Crippen LogP contribution < -0.4 is 9.80 Å². The van der Waals surface area contributed by atoms with Crippen molar-refractivity contribution in [1.82, 2.24) is 0 Å². The van der Waals surface area contributed by atoms with Crippen molar-refractivity contribution in [3.05, 3.63) is 108 Å². The molecule has 0 amide bonds. The minimum Gasteiger partial charge on any atom is -0.507 e. The third kappa shape index (κ3) is 3.59. The Kier molecular flexibility index (Phi) is 5.14. The van der Waals surface area contributed by atoms with E-state index in [0.717, 1.165) is 51.4 Å². The molecular formula is C32H28N2O. The van der Waals surface area contributed by atoms with Crippen LogP contribution in [-0.2, 0) is 0 Å². The molecule has 0 unspecified atom stereocenters. The van der Waals surface area contributed by atoms with Crippen molar-refractivity contribution >= 4 is 32.9 Å². The number of fused-ring (bicyclic) bond motifs is 2. The number of phenolic OH excluding ortho intramolecular Hbond substituents is 1. The number of hydrogen-bond acceptors (Lipinski definition) is 3. The van der Waals surface area contributed by atoms with Crippen molar-refractivity contribution in [2.24, 2.45) is 0 Å². The Bertz CT molecular complexity index is 1560. The van der Waals surface area contributed by atoms with Gasteiger partial charge < -0.3 is 14.9 Å². The summed E-state index contributed by atoms with van der Waals surface area (Å²) in [6.07, 6.45) is 0. The molecule has 0 aliphatic carbocycles. The largest absolute Gasteiger partial charge is 0.507 e. The lowest BCUT2D eigenvalue weighted by atomic mass is 9.91. The number of hydrogen-bond donors (Lipinski definition) is 1. The SMILES string of the molecule is Cc1cc(C)c(N2[C]N(c3ccc4ccccc4c3-c3c(O)ccc4ccccc34)CC2)c(C)c1. The summed E-state index contributed by atoms with van der Waals surface area (Å²) in [5.74, 6) is 0.294. The molecule has 3 nitrogen and oxygen atoms in total. The summed E-state index contributed by atoms with van der Waals surface area (Å²) in [7, 11) is 0. The molecule has 172 valence electrons. The first kappa shape index (κ1) is 21.5. The molecule has 1 fully saturated rings. The standard InChI is InChI=1S/C32H28N2O/c1-21-18-22(2)32(23(3)19-21)34-17-16-33(20-34)28-14-12-24-8-4-6-10-26(24)30(28)31-27-11-7-5-9-25(27)13-15-29(31)35/h4-15,18-19,35H,16-17H2,1-3H3. The number of anilines is 2. The average Bonchev–Trinajstić information content (AvgIpc) is 3.32. The van der Waals surface area contributed by atoms with Gasteiger partial charge in [-0.15, -0.1) is 0 Å². The number of rotatable bonds is 3. The summed E-state index contributed by atoms with van der Waals surface area (Å²) in [6.45, 7) is 11.8. The fourth-order valence-corrected chi connectivity index (χ4v) is 5.65. The molecule has 5 aromatic rings. The van der Waals surface area contributed by atoms with Gasteiger partial charge in [-0.05, 0) is 65.6 Å². The number of aromatic hydroxyl groups is 1. The van der Waals surface area contributed by atoms with Gasteiger partial charge in [-0.25, -0.2) is 0 Å². The van der Waals surface area contributed by atoms with Crippen molar-refractivity contribution in [3.63, 3.8) is 0 Å². The maximum absolute atomic E-state index is 11.2. The van der Waals surface area contributed by atoms with Crippen LogP contribution in [0.5, 0.6) is 5.75 Å². The molecule has 1 N–H and O–H groups in total. The summed E-state index contributed by atoms with van der Waals surface area (Å²) in [5, 5.41) is 15.6. The monoisotopic (exact) mass is 456 g/mol. The molecule has 5 aromatic carbocycles. The fourth-order valence-electron chi connectivity index (χ4n) is 5.65. The van der Waals surface area contributed by atoms with Crippen molar-refractivity contribution in [3.8, 4) is 16.9 Å². The van der Waals surface area contributed by atoms with E-state index in [4.69, 9.17) is 0 Å². The normalized spacial score (nSPS) is 13.8. The first-order chi connectivity index (χ1) is 17.0. The molecule has 1 aliphatic heterocycles. The van der Waals surface area contributed by atoms with Crippen molar-refractivity contribution < 1.29 is 5.11 Å². The Labute approximate surface area is 206 Å². The number of phenols is 1. The Hall–Kier alpha value is -3.98. The summed E-state index contributed by atoms with van der Waals surface area (Å²) < 4.78 is 0. The molecule has 0 atom stereocenters. The van der Waals surface area contributed by atoms with Gasteiger partial charge >= 0.3 is 0 Å². The Morgan fingerprint density at radius 1 is 0.657 bits per heavy atom. The highest BCUT2D eigenvalue weighted by atomic mass is 16.3. The van der Waals surface area contributed by atoms with E-state index < -0.39 is 0 Å². The quantitative estimate of drug-likeness (QED) is 0.303. The second-order valence-corrected chi connectivity index (χ2v) is 9.51. The summed E-state index contributed by atoms with van der Waals surface area (Å²) >= 11 is 0. The predicted molar refractivity (Wildman–Crippen MR) is 147 cm³/mol. The second-order valence-electron chi connectivity index (χ2n) is 9.51. The zero-order valence-corrected chi connectivity index (χ0v) is 20.3. The number of benzene rings is 5. The number of aryl methyl sites for hydroxylation is 3. The Morgan fingerprint density at radius 3 is 1.91 bits per heavy atom. The van der Waals surface area contributed by atoms with Crippen LogP contribution in [0, 0.1) is 27.4 Å². The lowest BCUT2D eigenvalue weighted by molar-refractivity contribution is 0.478. The van der Waals surface area contributed by atoms with E-state index >= 15 is 0 Å². The molecule has 1 aliphatic rings. The van der Waals surface area contributed by atoms with Gasteiger partial charge in [-0.2, -0.15) is 0 Å². The fraction of sp³-hybridized carbons (Fsp3) is 0.156. The zero-order chi connectivity index (χ0) is 24.1. The van der Waals surface area contributed by atoms with Crippen LogP contribution >= 0.6 is 0 Å². The molecule has 0 spiro atoms. The van der Waals surface area contributed by atoms with Gasteiger partial charge in [0.2, 0.25) is 6.67 Å². The minimum absolute atomic E-state index is 0.294. The highest BCUT2D eigenvalue weighted by Crippen LogP contribution is 2.46. The zero-order valence-electron chi connectivity index (χ0n) is 20.3. The lowest BCUT2D eigenvalue weighted by Crippen LogP contribution is -2.20. The summed E-state index contributed by atoms with van der Waals surface area (Å²) in [4.78, 5) is 4.45. The smallest absolute Gasteiger partial charge is 0.208 e. The van der Waals surface area contributed by atoms with Gasteiger partial charge in [0.15, 0.2) is 0 Å². The van der Waals surface area contributed by atoms with Crippen LogP contribution in [0.15, 0.2) is 84.9 Å².